The standard InChI is InChI=1S/C18H20N2O5/c1-2-3-15-14(8-9-25-15)18(24)20-13-6-4-12(5-7-13)10-16(21)19-11-17(22)23/h4-9H,2-3,10-11H2,1H3,(H,19,21)(H,20,24)(H,22,23). The average molecular weight is 344 g/mol. The van der Waals surface area contributed by atoms with E-state index in [1.807, 2.05) is 6.92 Å². The summed E-state index contributed by atoms with van der Waals surface area (Å²) in [5.41, 5.74) is 1.83. The van der Waals surface area contributed by atoms with Crippen molar-refractivity contribution >= 4 is 23.5 Å². The molecule has 0 unspecified atom stereocenters. The van der Waals surface area contributed by atoms with Crippen molar-refractivity contribution in [1.82, 2.24) is 5.32 Å². The van der Waals surface area contributed by atoms with E-state index in [-0.39, 0.29) is 18.2 Å². The van der Waals surface area contributed by atoms with E-state index in [2.05, 4.69) is 10.6 Å². The molecule has 132 valence electrons. The zero-order valence-electron chi connectivity index (χ0n) is 13.9. The van der Waals surface area contributed by atoms with E-state index in [9.17, 15) is 14.4 Å². The monoisotopic (exact) mass is 344 g/mol. The Balaban J connectivity index is 1.93. The minimum absolute atomic E-state index is 0.0733. The van der Waals surface area contributed by atoms with E-state index in [1.165, 1.54) is 6.26 Å². The van der Waals surface area contributed by atoms with E-state index in [4.69, 9.17) is 9.52 Å². The van der Waals surface area contributed by atoms with Gasteiger partial charge in [0.25, 0.3) is 5.91 Å². The fraction of sp³-hybridized carbons (Fsp3) is 0.278. The highest BCUT2D eigenvalue weighted by Crippen LogP contribution is 2.16. The topological polar surface area (TPSA) is 109 Å². The molecule has 1 aromatic heterocycles. The van der Waals surface area contributed by atoms with E-state index >= 15 is 0 Å². The van der Waals surface area contributed by atoms with E-state index in [1.54, 1.807) is 30.3 Å². The van der Waals surface area contributed by atoms with Crippen LogP contribution in [0.3, 0.4) is 0 Å². The van der Waals surface area contributed by atoms with Crippen LogP contribution in [0.15, 0.2) is 41.0 Å². The molecular formula is C18H20N2O5. The van der Waals surface area contributed by atoms with Gasteiger partial charge in [0.1, 0.15) is 12.3 Å². The summed E-state index contributed by atoms with van der Waals surface area (Å²) in [7, 11) is 0. The number of carboxylic acid groups (broad SMARTS) is 1. The van der Waals surface area contributed by atoms with E-state index < -0.39 is 12.5 Å². The molecule has 7 nitrogen and oxygen atoms in total. The molecular weight excluding hydrogens is 324 g/mol. The Labute approximate surface area is 145 Å². The lowest BCUT2D eigenvalue weighted by Gasteiger charge is -2.07. The Kier molecular flexibility index (Phi) is 6.33. The van der Waals surface area contributed by atoms with Crippen LogP contribution in [0.4, 0.5) is 5.69 Å². The van der Waals surface area contributed by atoms with Crippen molar-refractivity contribution in [3.8, 4) is 0 Å². The number of hydrogen-bond donors (Lipinski definition) is 3. The molecule has 0 aliphatic rings. The summed E-state index contributed by atoms with van der Waals surface area (Å²) in [6.07, 6.45) is 3.15. The Morgan fingerprint density at radius 1 is 1.12 bits per heavy atom. The number of carboxylic acids is 1. The number of rotatable bonds is 8. The molecule has 0 aliphatic heterocycles. The molecule has 7 heteroatoms. The molecule has 3 N–H and O–H groups in total. The molecule has 25 heavy (non-hydrogen) atoms. The number of hydrogen-bond acceptors (Lipinski definition) is 4. The largest absolute Gasteiger partial charge is 0.480 e. The third-order valence-corrected chi connectivity index (χ3v) is 3.48. The van der Waals surface area contributed by atoms with Crippen LogP contribution in [0.1, 0.15) is 35.0 Å². The van der Waals surface area contributed by atoms with Crippen LogP contribution < -0.4 is 10.6 Å². The number of aliphatic carboxylic acids is 1. The molecule has 1 aromatic carbocycles. The van der Waals surface area contributed by atoms with Gasteiger partial charge in [-0.05, 0) is 30.2 Å². The quantitative estimate of drug-likeness (QED) is 0.680. The van der Waals surface area contributed by atoms with Gasteiger partial charge >= 0.3 is 5.97 Å². The number of furan rings is 1. The van der Waals surface area contributed by atoms with Crippen LogP contribution in [0.25, 0.3) is 0 Å². The summed E-state index contributed by atoms with van der Waals surface area (Å²) < 4.78 is 5.32. The second-order valence-electron chi connectivity index (χ2n) is 5.51. The van der Waals surface area contributed by atoms with Crippen molar-refractivity contribution in [3.05, 3.63) is 53.5 Å². The second-order valence-corrected chi connectivity index (χ2v) is 5.51. The van der Waals surface area contributed by atoms with Gasteiger partial charge in [0.2, 0.25) is 5.91 Å². The van der Waals surface area contributed by atoms with Gasteiger partial charge in [0.15, 0.2) is 0 Å². The highest BCUT2D eigenvalue weighted by molar-refractivity contribution is 6.05. The molecule has 2 amide bonds. The lowest BCUT2D eigenvalue weighted by Crippen LogP contribution is -2.30. The normalized spacial score (nSPS) is 10.3. The second kappa shape index (κ2) is 8.68. The van der Waals surface area contributed by atoms with Gasteiger partial charge in [-0.15, -0.1) is 0 Å². The molecule has 0 atom stereocenters. The molecule has 0 spiro atoms. The van der Waals surface area contributed by atoms with Gasteiger partial charge < -0.3 is 20.2 Å². The Morgan fingerprint density at radius 2 is 1.84 bits per heavy atom. The van der Waals surface area contributed by atoms with Gasteiger partial charge in [-0.25, -0.2) is 0 Å². The number of nitrogens with one attached hydrogen (secondary N) is 2. The van der Waals surface area contributed by atoms with Gasteiger partial charge in [0.05, 0.1) is 18.2 Å². The SMILES string of the molecule is CCCc1occc1C(=O)Nc1ccc(CC(=O)NCC(=O)O)cc1. The zero-order valence-corrected chi connectivity index (χ0v) is 13.9. The lowest BCUT2D eigenvalue weighted by atomic mass is 10.1. The van der Waals surface area contributed by atoms with Crippen molar-refractivity contribution in [2.24, 2.45) is 0 Å². The van der Waals surface area contributed by atoms with Crippen LogP contribution >= 0.6 is 0 Å². The first-order valence-electron chi connectivity index (χ1n) is 7.94. The average Bonchev–Trinajstić information content (AvgIpc) is 3.03. The molecule has 0 fully saturated rings. The zero-order chi connectivity index (χ0) is 18.2. The lowest BCUT2D eigenvalue weighted by molar-refractivity contribution is -0.137. The smallest absolute Gasteiger partial charge is 0.322 e. The van der Waals surface area contributed by atoms with Gasteiger partial charge in [-0.2, -0.15) is 0 Å². The molecule has 0 bridgehead atoms. The van der Waals surface area contributed by atoms with Crippen molar-refractivity contribution in [2.45, 2.75) is 26.2 Å². The third kappa shape index (κ3) is 5.49. The molecule has 2 aromatic rings. The first kappa shape index (κ1) is 18.3. The highest BCUT2D eigenvalue weighted by Gasteiger charge is 2.14. The first-order valence-corrected chi connectivity index (χ1v) is 7.94. The maximum atomic E-state index is 12.3. The van der Waals surface area contributed by atoms with Gasteiger partial charge in [-0.3, -0.25) is 14.4 Å². The minimum atomic E-state index is -1.09. The predicted octanol–water partition coefficient (Wildman–Crippen LogP) is 2.23. The van der Waals surface area contributed by atoms with Crippen LogP contribution in [0, 0.1) is 0 Å². The molecule has 2 rings (SSSR count). The van der Waals surface area contributed by atoms with Crippen LogP contribution in [0.5, 0.6) is 0 Å². The number of anilines is 1. The highest BCUT2D eigenvalue weighted by atomic mass is 16.4. The Hall–Kier alpha value is -3.09. The van der Waals surface area contributed by atoms with Gasteiger partial charge in [-0.1, -0.05) is 19.1 Å². The van der Waals surface area contributed by atoms with Crippen molar-refractivity contribution in [2.75, 3.05) is 11.9 Å². The van der Waals surface area contributed by atoms with Crippen LogP contribution in [0.2, 0.25) is 0 Å². The Bertz CT molecular complexity index is 749. The van der Waals surface area contributed by atoms with E-state index in [0.717, 1.165) is 12.0 Å². The molecule has 0 radical (unpaired) electrons. The predicted molar refractivity (Wildman–Crippen MR) is 91.4 cm³/mol. The number of amides is 2. The number of carbonyl (C=O) groups is 3. The molecule has 0 saturated heterocycles. The number of benzene rings is 1. The molecule has 0 saturated carbocycles. The summed E-state index contributed by atoms with van der Waals surface area (Å²) in [6.45, 7) is 1.60. The van der Waals surface area contributed by atoms with Crippen molar-refractivity contribution in [3.63, 3.8) is 0 Å². The van der Waals surface area contributed by atoms with Crippen LogP contribution in [-0.2, 0) is 22.4 Å². The number of carbonyl (C=O) groups excluding carboxylic acids is 2. The van der Waals surface area contributed by atoms with Crippen LogP contribution in [-0.4, -0.2) is 29.4 Å². The number of aryl methyl sites for hydroxylation is 1. The summed E-state index contributed by atoms with van der Waals surface area (Å²) in [5.74, 6) is -1.05. The molecule has 1 heterocycles. The Morgan fingerprint density at radius 3 is 2.48 bits per heavy atom. The first-order chi connectivity index (χ1) is 12.0. The summed E-state index contributed by atoms with van der Waals surface area (Å²) >= 11 is 0. The molecule has 0 aliphatic carbocycles. The maximum Gasteiger partial charge on any atom is 0.322 e. The van der Waals surface area contributed by atoms with Gasteiger partial charge in [0, 0.05) is 12.1 Å². The third-order valence-electron chi connectivity index (χ3n) is 3.48. The minimum Gasteiger partial charge on any atom is -0.480 e. The van der Waals surface area contributed by atoms with E-state index in [0.29, 0.717) is 23.4 Å². The maximum absolute atomic E-state index is 12.3. The fourth-order valence-electron chi connectivity index (χ4n) is 2.29. The van der Waals surface area contributed by atoms with Crippen molar-refractivity contribution < 1.29 is 23.9 Å². The summed E-state index contributed by atoms with van der Waals surface area (Å²) in [6, 6.07) is 8.44. The summed E-state index contributed by atoms with van der Waals surface area (Å²) in [4.78, 5) is 34.3. The fourth-order valence-corrected chi connectivity index (χ4v) is 2.29. The summed E-state index contributed by atoms with van der Waals surface area (Å²) in [5, 5.41) is 13.6. The van der Waals surface area contributed by atoms with Crippen molar-refractivity contribution in [1.29, 1.82) is 0 Å².